The number of hydrogen-bond acceptors (Lipinski definition) is 7. The number of nitrogens with one attached hydrogen (secondary N) is 2. The Morgan fingerprint density at radius 1 is 1.09 bits per heavy atom. The van der Waals surface area contributed by atoms with Crippen LogP contribution in [0, 0.1) is 10.1 Å². The topological polar surface area (TPSA) is 117 Å². The van der Waals surface area contributed by atoms with E-state index in [4.69, 9.17) is 4.74 Å². The number of non-ortho nitro benzene ring substituents is 1. The number of benzene rings is 2. The van der Waals surface area contributed by atoms with Crippen molar-refractivity contribution in [2.45, 2.75) is 13.0 Å². The summed E-state index contributed by atoms with van der Waals surface area (Å²) >= 11 is 0. The molecule has 0 aromatic heterocycles. The van der Waals surface area contributed by atoms with Crippen LogP contribution in [-0.2, 0) is 22.6 Å². The van der Waals surface area contributed by atoms with E-state index in [0.29, 0.717) is 23.5 Å². The van der Waals surface area contributed by atoms with Gasteiger partial charge in [0.1, 0.15) is 6.61 Å². The van der Waals surface area contributed by atoms with Crippen LogP contribution in [0.3, 0.4) is 0 Å². The summed E-state index contributed by atoms with van der Waals surface area (Å²) in [4.78, 5) is 38.2. The van der Waals surface area contributed by atoms with E-state index in [1.807, 2.05) is 19.0 Å². The highest BCUT2D eigenvalue weighted by molar-refractivity contribution is 5.87. The number of carbonyl (C=O) groups is 2. The number of hydrogen-bond donors (Lipinski definition) is 2. The van der Waals surface area contributed by atoms with Gasteiger partial charge in [0.2, 0.25) is 5.91 Å². The third kappa shape index (κ3) is 7.24. The molecule has 0 aliphatic rings. The van der Waals surface area contributed by atoms with E-state index in [2.05, 4.69) is 10.6 Å². The van der Waals surface area contributed by atoms with Crippen molar-refractivity contribution in [1.29, 1.82) is 0 Å². The molecule has 2 N–H and O–H groups in total. The molecule has 172 valence electrons. The first-order chi connectivity index (χ1) is 15.2. The fraction of sp³-hybridized carbons (Fsp3) is 0.364. The fourth-order valence-electron chi connectivity index (χ4n) is 2.88. The molecule has 32 heavy (non-hydrogen) atoms. The molecule has 0 fully saturated rings. The number of anilines is 2. The van der Waals surface area contributed by atoms with Crippen LogP contribution < -0.4 is 15.5 Å². The standard InChI is InChI=1S/C22H29N5O5/c1-23-20-14-19(27(30)31)10-7-17(20)15-32-22(29)26(4)18-8-5-16(6-9-18)13-21(28)24-11-12-25(2)3/h5-10,14,23H,11-13,15H2,1-4H3,(H,24,28). The number of nitrogens with zero attached hydrogens (tertiary/aromatic N) is 3. The molecule has 2 aromatic carbocycles. The van der Waals surface area contributed by atoms with Gasteiger partial charge in [-0.15, -0.1) is 0 Å². The first-order valence-corrected chi connectivity index (χ1v) is 10.1. The van der Waals surface area contributed by atoms with Crippen molar-refractivity contribution in [2.75, 3.05) is 51.5 Å². The largest absolute Gasteiger partial charge is 0.444 e. The van der Waals surface area contributed by atoms with Crippen molar-refractivity contribution in [1.82, 2.24) is 10.2 Å². The van der Waals surface area contributed by atoms with Gasteiger partial charge in [-0.3, -0.25) is 19.8 Å². The summed E-state index contributed by atoms with van der Waals surface area (Å²) in [6, 6.07) is 11.4. The van der Waals surface area contributed by atoms with Crippen molar-refractivity contribution in [3.8, 4) is 0 Å². The van der Waals surface area contributed by atoms with Gasteiger partial charge in [0.25, 0.3) is 5.69 Å². The average Bonchev–Trinajstić information content (AvgIpc) is 2.76. The van der Waals surface area contributed by atoms with Crippen LogP contribution in [0.15, 0.2) is 42.5 Å². The third-order valence-electron chi connectivity index (χ3n) is 4.77. The molecule has 10 heteroatoms. The lowest BCUT2D eigenvalue weighted by atomic mass is 10.1. The van der Waals surface area contributed by atoms with Crippen LogP contribution in [0.25, 0.3) is 0 Å². The Hall–Kier alpha value is -3.66. The van der Waals surface area contributed by atoms with Gasteiger partial charge in [0, 0.05) is 56.3 Å². The van der Waals surface area contributed by atoms with Gasteiger partial charge in [-0.2, -0.15) is 0 Å². The van der Waals surface area contributed by atoms with Crippen LogP contribution in [0.4, 0.5) is 21.9 Å². The Bertz CT molecular complexity index is 946. The molecule has 0 bridgehead atoms. The maximum atomic E-state index is 12.4. The first-order valence-electron chi connectivity index (χ1n) is 10.1. The second kappa shape index (κ2) is 11.7. The van der Waals surface area contributed by atoms with E-state index < -0.39 is 11.0 Å². The van der Waals surface area contributed by atoms with Gasteiger partial charge in [-0.1, -0.05) is 12.1 Å². The summed E-state index contributed by atoms with van der Waals surface area (Å²) in [6.45, 7) is 1.32. The monoisotopic (exact) mass is 443 g/mol. The number of ether oxygens (including phenoxy) is 1. The van der Waals surface area contributed by atoms with E-state index >= 15 is 0 Å². The van der Waals surface area contributed by atoms with Crippen molar-refractivity contribution < 1.29 is 19.2 Å². The second-order valence-electron chi connectivity index (χ2n) is 7.46. The van der Waals surface area contributed by atoms with Crippen molar-refractivity contribution in [3.63, 3.8) is 0 Å². The van der Waals surface area contributed by atoms with Gasteiger partial charge in [-0.25, -0.2) is 4.79 Å². The second-order valence-corrected chi connectivity index (χ2v) is 7.46. The van der Waals surface area contributed by atoms with E-state index in [1.165, 1.54) is 17.0 Å². The van der Waals surface area contributed by atoms with E-state index in [0.717, 1.165) is 12.1 Å². The predicted molar refractivity (Wildman–Crippen MR) is 123 cm³/mol. The molecular formula is C22H29N5O5. The lowest BCUT2D eigenvalue weighted by Crippen LogP contribution is -2.32. The zero-order valence-electron chi connectivity index (χ0n) is 18.8. The molecule has 0 aliphatic carbocycles. The Morgan fingerprint density at radius 2 is 1.78 bits per heavy atom. The van der Waals surface area contributed by atoms with Gasteiger partial charge < -0.3 is 20.3 Å². The molecule has 0 saturated carbocycles. The Morgan fingerprint density at radius 3 is 2.38 bits per heavy atom. The Labute approximate surface area is 187 Å². The highest BCUT2D eigenvalue weighted by Crippen LogP contribution is 2.23. The molecule has 0 aliphatic heterocycles. The van der Waals surface area contributed by atoms with Crippen LogP contribution in [-0.4, -0.2) is 63.1 Å². The summed E-state index contributed by atoms with van der Waals surface area (Å²) in [5, 5.41) is 16.6. The number of rotatable bonds is 10. The number of likely N-dealkylation sites (N-methyl/N-ethyl adjacent to an activating group) is 1. The van der Waals surface area contributed by atoms with Crippen molar-refractivity contribution in [3.05, 3.63) is 63.7 Å². The zero-order valence-corrected chi connectivity index (χ0v) is 18.8. The highest BCUT2D eigenvalue weighted by atomic mass is 16.6. The minimum absolute atomic E-state index is 0.0391. The molecule has 0 saturated heterocycles. The molecule has 0 radical (unpaired) electrons. The molecule has 0 spiro atoms. The SMILES string of the molecule is CNc1cc([N+](=O)[O-])ccc1COC(=O)N(C)c1ccc(CC(=O)NCCN(C)C)cc1. The third-order valence-corrected chi connectivity index (χ3v) is 4.77. The van der Waals surface area contributed by atoms with Crippen LogP contribution in [0.5, 0.6) is 0 Å². The maximum absolute atomic E-state index is 12.4. The predicted octanol–water partition coefficient (Wildman–Crippen LogP) is 2.63. The van der Waals surface area contributed by atoms with E-state index in [9.17, 15) is 19.7 Å². The fourth-order valence-corrected chi connectivity index (χ4v) is 2.88. The van der Waals surface area contributed by atoms with E-state index in [-0.39, 0.29) is 24.6 Å². The Balaban J connectivity index is 1.91. The van der Waals surface area contributed by atoms with Gasteiger partial charge in [-0.05, 0) is 37.9 Å². The lowest BCUT2D eigenvalue weighted by Gasteiger charge is -2.18. The van der Waals surface area contributed by atoms with Gasteiger partial charge in [0.15, 0.2) is 0 Å². The van der Waals surface area contributed by atoms with E-state index in [1.54, 1.807) is 44.4 Å². The molecule has 2 aromatic rings. The van der Waals surface area contributed by atoms with Crippen molar-refractivity contribution in [2.24, 2.45) is 0 Å². The maximum Gasteiger partial charge on any atom is 0.414 e. The summed E-state index contributed by atoms with van der Waals surface area (Å²) in [5.74, 6) is -0.0594. The highest BCUT2D eigenvalue weighted by Gasteiger charge is 2.15. The average molecular weight is 444 g/mol. The molecular weight excluding hydrogens is 414 g/mol. The van der Waals surface area contributed by atoms with Gasteiger partial charge >= 0.3 is 6.09 Å². The van der Waals surface area contributed by atoms with Crippen LogP contribution >= 0.6 is 0 Å². The molecule has 10 nitrogen and oxygen atoms in total. The van der Waals surface area contributed by atoms with Crippen LogP contribution in [0.2, 0.25) is 0 Å². The number of nitro groups is 1. The minimum atomic E-state index is -0.570. The summed E-state index contributed by atoms with van der Waals surface area (Å²) < 4.78 is 5.35. The molecule has 0 atom stereocenters. The molecule has 0 unspecified atom stereocenters. The smallest absolute Gasteiger partial charge is 0.414 e. The molecule has 0 heterocycles. The van der Waals surface area contributed by atoms with Gasteiger partial charge in [0.05, 0.1) is 11.3 Å². The molecule has 2 amide bonds. The number of nitro benzene ring substituents is 1. The van der Waals surface area contributed by atoms with Crippen molar-refractivity contribution >= 4 is 29.1 Å². The lowest BCUT2D eigenvalue weighted by molar-refractivity contribution is -0.384. The quantitative estimate of drug-likeness (QED) is 0.428. The zero-order chi connectivity index (χ0) is 23.7. The minimum Gasteiger partial charge on any atom is -0.444 e. The molecule has 2 rings (SSSR count). The number of amides is 2. The summed E-state index contributed by atoms with van der Waals surface area (Å²) in [6.07, 6.45) is -0.311. The number of carbonyl (C=O) groups excluding carboxylic acids is 2. The summed E-state index contributed by atoms with van der Waals surface area (Å²) in [7, 11) is 7.11. The first kappa shape index (κ1) is 24.6. The summed E-state index contributed by atoms with van der Waals surface area (Å²) in [5.41, 5.74) is 2.54. The Kier molecular flexibility index (Phi) is 8.96. The normalized spacial score (nSPS) is 10.5. The van der Waals surface area contributed by atoms with Crippen LogP contribution in [0.1, 0.15) is 11.1 Å².